The van der Waals surface area contributed by atoms with Crippen LogP contribution in [0.3, 0.4) is 0 Å². The average Bonchev–Trinajstić information content (AvgIpc) is 3.42. The van der Waals surface area contributed by atoms with Crippen molar-refractivity contribution in [3.05, 3.63) is 113 Å². The van der Waals surface area contributed by atoms with Crippen LogP contribution in [0.25, 0.3) is 21.7 Å². The van der Waals surface area contributed by atoms with Crippen LogP contribution in [0.2, 0.25) is 0 Å². The molecule has 2 aliphatic rings. The lowest BCUT2D eigenvalue weighted by Gasteiger charge is -2.40. The third kappa shape index (κ3) is 2.91. The normalized spacial score (nSPS) is 21.1. The SMILES string of the molecule is CCc1ccc([C@H]2CN3C(=O)N(c4cccc5ccccc45)C(=O)[C@]3(C)c3[nH]c4ccccc4c32)cc1. The highest BCUT2D eigenvalue weighted by Crippen LogP contribution is 2.50. The highest BCUT2D eigenvalue weighted by atomic mass is 16.2. The van der Waals surface area contributed by atoms with Crippen molar-refractivity contribution in [3.8, 4) is 0 Å². The Morgan fingerprint density at radius 1 is 0.865 bits per heavy atom. The van der Waals surface area contributed by atoms with Crippen molar-refractivity contribution in [2.45, 2.75) is 31.7 Å². The monoisotopic (exact) mass is 485 g/mol. The van der Waals surface area contributed by atoms with E-state index in [-0.39, 0.29) is 17.9 Å². The van der Waals surface area contributed by atoms with E-state index >= 15 is 0 Å². The number of nitrogens with zero attached hydrogens (tertiary/aromatic N) is 2. The number of imide groups is 1. The summed E-state index contributed by atoms with van der Waals surface area (Å²) in [6.45, 7) is 4.47. The highest BCUT2D eigenvalue weighted by Gasteiger charge is 2.60. The van der Waals surface area contributed by atoms with Crippen molar-refractivity contribution in [2.24, 2.45) is 0 Å². The van der Waals surface area contributed by atoms with Crippen molar-refractivity contribution in [1.82, 2.24) is 9.88 Å². The second-order valence-corrected chi connectivity index (χ2v) is 10.2. The van der Waals surface area contributed by atoms with Gasteiger partial charge in [-0.1, -0.05) is 85.8 Å². The fourth-order valence-corrected chi connectivity index (χ4v) is 6.29. The summed E-state index contributed by atoms with van der Waals surface area (Å²) in [5.74, 6) is -0.268. The maximum Gasteiger partial charge on any atom is 0.332 e. The van der Waals surface area contributed by atoms with Crippen LogP contribution in [-0.4, -0.2) is 28.4 Å². The molecule has 5 aromatic rings. The van der Waals surface area contributed by atoms with Crippen LogP contribution in [-0.2, 0) is 16.8 Å². The maximum atomic E-state index is 14.3. The number of amides is 3. The van der Waals surface area contributed by atoms with Crippen LogP contribution in [0.5, 0.6) is 0 Å². The van der Waals surface area contributed by atoms with Gasteiger partial charge in [0, 0.05) is 28.8 Å². The molecule has 4 aromatic carbocycles. The van der Waals surface area contributed by atoms with Gasteiger partial charge in [-0.25, -0.2) is 9.69 Å². The first-order valence-electron chi connectivity index (χ1n) is 12.9. The molecule has 0 aliphatic carbocycles. The molecule has 0 bridgehead atoms. The Bertz CT molecular complexity index is 1710. The number of nitrogens with one attached hydrogen (secondary N) is 1. The fraction of sp³-hybridized carbons (Fsp3) is 0.188. The predicted molar refractivity (Wildman–Crippen MR) is 147 cm³/mol. The standard InChI is InChI=1S/C32H27N3O2/c1-3-20-15-17-22(18-16-20)25-19-34-31(37)35(27-14-8-10-21-9-4-5-11-23(21)27)30(36)32(34,2)29-28(25)24-12-6-7-13-26(24)33-29/h4-18,25,33H,3,19H2,1-2H3/t25-,32+/m1/s1. The number of aryl methyl sites for hydroxylation is 1. The first-order chi connectivity index (χ1) is 18.0. The molecule has 2 aliphatic heterocycles. The van der Waals surface area contributed by atoms with Gasteiger partial charge in [0.05, 0.1) is 11.4 Å². The van der Waals surface area contributed by atoms with Crippen molar-refractivity contribution >= 4 is 39.3 Å². The summed E-state index contributed by atoms with van der Waals surface area (Å²) in [4.78, 5) is 35.2. The maximum absolute atomic E-state index is 14.3. The molecule has 5 nitrogen and oxygen atoms in total. The van der Waals surface area contributed by atoms with E-state index in [0.717, 1.165) is 44.9 Å². The van der Waals surface area contributed by atoms with Crippen LogP contribution >= 0.6 is 0 Å². The lowest BCUT2D eigenvalue weighted by atomic mass is 9.78. The van der Waals surface area contributed by atoms with E-state index in [2.05, 4.69) is 42.2 Å². The smallest absolute Gasteiger partial charge is 0.332 e. The van der Waals surface area contributed by atoms with Gasteiger partial charge in [-0.2, -0.15) is 0 Å². The van der Waals surface area contributed by atoms with E-state index < -0.39 is 5.54 Å². The average molecular weight is 486 g/mol. The lowest BCUT2D eigenvalue weighted by Crippen LogP contribution is -2.50. The molecule has 0 saturated carbocycles. The summed E-state index contributed by atoms with van der Waals surface area (Å²) in [6.07, 6.45) is 0.973. The number of carbonyl (C=O) groups is 2. The summed E-state index contributed by atoms with van der Waals surface area (Å²) in [6, 6.07) is 30.2. The quantitative estimate of drug-likeness (QED) is 0.289. The summed E-state index contributed by atoms with van der Waals surface area (Å²) < 4.78 is 0. The number of fused-ring (bicyclic) bond motifs is 6. The van der Waals surface area contributed by atoms with Gasteiger partial charge in [0.25, 0.3) is 5.91 Å². The minimum atomic E-state index is -1.12. The van der Waals surface area contributed by atoms with Crippen molar-refractivity contribution < 1.29 is 9.59 Å². The molecule has 3 amide bonds. The molecule has 7 rings (SSSR count). The molecule has 0 radical (unpaired) electrons. The molecule has 37 heavy (non-hydrogen) atoms. The van der Waals surface area contributed by atoms with Gasteiger partial charge in [-0.15, -0.1) is 0 Å². The zero-order valence-electron chi connectivity index (χ0n) is 20.9. The Balaban J connectivity index is 1.45. The van der Waals surface area contributed by atoms with Crippen LogP contribution in [0.4, 0.5) is 10.5 Å². The molecular formula is C32H27N3O2. The molecule has 1 N–H and O–H groups in total. The molecule has 182 valence electrons. The third-order valence-electron chi connectivity index (χ3n) is 8.33. The Morgan fingerprint density at radius 3 is 2.35 bits per heavy atom. The molecule has 1 fully saturated rings. The first kappa shape index (κ1) is 21.9. The number of benzene rings is 4. The van der Waals surface area contributed by atoms with Gasteiger partial charge in [-0.05, 0) is 47.6 Å². The Labute approximate surface area is 215 Å². The van der Waals surface area contributed by atoms with Gasteiger partial charge in [-0.3, -0.25) is 4.79 Å². The van der Waals surface area contributed by atoms with Crippen molar-refractivity contribution in [3.63, 3.8) is 0 Å². The van der Waals surface area contributed by atoms with Gasteiger partial charge >= 0.3 is 6.03 Å². The molecule has 3 heterocycles. The molecule has 1 saturated heterocycles. The number of aromatic nitrogens is 1. The van der Waals surface area contributed by atoms with E-state index in [9.17, 15) is 9.59 Å². The topological polar surface area (TPSA) is 56.4 Å². The molecule has 2 atom stereocenters. The number of H-pyrrole nitrogens is 1. The Hall–Kier alpha value is -4.38. The molecule has 5 heteroatoms. The summed E-state index contributed by atoms with van der Waals surface area (Å²) >= 11 is 0. The van der Waals surface area contributed by atoms with Gasteiger partial charge in [0.15, 0.2) is 5.54 Å². The van der Waals surface area contributed by atoms with E-state index in [4.69, 9.17) is 0 Å². The fourth-order valence-electron chi connectivity index (χ4n) is 6.29. The van der Waals surface area contributed by atoms with Gasteiger partial charge < -0.3 is 9.88 Å². The van der Waals surface area contributed by atoms with Crippen LogP contribution in [0, 0.1) is 0 Å². The second-order valence-electron chi connectivity index (χ2n) is 10.2. The molecule has 1 aromatic heterocycles. The predicted octanol–water partition coefficient (Wildman–Crippen LogP) is 6.71. The number of anilines is 1. The van der Waals surface area contributed by atoms with Crippen molar-refractivity contribution in [1.29, 1.82) is 0 Å². The van der Waals surface area contributed by atoms with E-state index in [1.54, 1.807) is 4.90 Å². The third-order valence-corrected chi connectivity index (χ3v) is 8.33. The van der Waals surface area contributed by atoms with Crippen molar-refractivity contribution in [2.75, 3.05) is 11.4 Å². The largest absolute Gasteiger partial charge is 0.356 e. The molecule has 0 spiro atoms. The first-order valence-corrected chi connectivity index (χ1v) is 12.9. The number of para-hydroxylation sites is 1. The second kappa shape index (κ2) is 7.81. The Morgan fingerprint density at radius 2 is 1.57 bits per heavy atom. The van der Waals surface area contributed by atoms with Crippen LogP contribution in [0.15, 0.2) is 91.0 Å². The van der Waals surface area contributed by atoms with Gasteiger partial charge in [0.1, 0.15) is 0 Å². The number of rotatable bonds is 3. The summed E-state index contributed by atoms with van der Waals surface area (Å²) in [5, 5.41) is 2.99. The van der Waals surface area contributed by atoms with Crippen LogP contribution < -0.4 is 4.90 Å². The molecule has 0 unspecified atom stereocenters. The Kier molecular flexibility index (Phi) is 4.61. The van der Waals surface area contributed by atoms with Crippen LogP contribution in [0.1, 0.15) is 42.1 Å². The zero-order chi connectivity index (χ0) is 25.3. The zero-order valence-corrected chi connectivity index (χ0v) is 20.9. The number of hydrogen-bond acceptors (Lipinski definition) is 2. The van der Waals surface area contributed by atoms with E-state index in [1.807, 2.05) is 67.6 Å². The minimum Gasteiger partial charge on any atom is -0.356 e. The molecular weight excluding hydrogens is 458 g/mol. The summed E-state index contributed by atoms with van der Waals surface area (Å²) in [7, 11) is 0. The van der Waals surface area contributed by atoms with Gasteiger partial charge in [0.2, 0.25) is 0 Å². The minimum absolute atomic E-state index is 0.0469. The number of aromatic amines is 1. The number of carbonyl (C=O) groups excluding carboxylic acids is 2. The number of urea groups is 1. The number of hydrogen-bond donors (Lipinski definition) is 1. The highest BCUT2D eigenvalue weighted by molar-refractivity contribution is 6.26. The van der Waals surface area contributed by atoms with E-state index in [0.29, 0.717) is 12.2 Å². The summed E-state index contributed by atoms with van der Waals surface area (Å²) in [5.41, 5.74) is 4.83. The van der Waals surface area contributed by atoms with E-state index in [1.165, 1.54) is 10.5 Å². The lowest BCUT2D eigenvalue weighted by molar-refractivity contribution is -0.125.